The molecule has 0 aliphatic carbocycles. The molecule has 0 radical (unpaired) electrons. The first-order valence-electron chi connectivity index (χ1n) is 5.25. The molecule has 0 N–H and O–H groups in total. The molecule has 1 aromatic heterocycles. The van der Waals surface area contributed by atoms with Crippen molar-refractivity contribution in [2.45, 2.75) is 19.4 Å². The van der Waals surface area contributed by atoms with Crippen molar-refractivity contribution in [3.05, 3.63) is 23.4 Å². The molecule has 5 heteroatoms. The van der Waals surface area contributed by atoms with Gasteiger partial charge >= 0.3 is 0 Å². The highest BCUT2D eigenvalue weighted by Gasteiger charge is 2.31. The van der Waals surface area contributed by atoms with Crippen LogP contribution in [0.1, 0.15) is 13.3 Å². The highest BCUT2D eigenvalue weighted by Crippen LogP contribution is 2.18. The summed E-state index contributed by atoms with van der Waals surface area (Å²) in [6, 6.07) is 3.46. The predicted molar refractivity (Wildman–Crippen MR) is 60.5 cm³/mol. The van der Waals surface area contributed by atoms with Gasteiger partial charge in [0.25, 0.3) is 0 Å². The zero-order chi connectivity index (χ0) is 11.5. The Hall–Kier alpha value is -1.29. The fourth-order valence-corrected chi connectivity index (χ4v) is 1.65. The Morgan fingerprint density at radius 1 is 1.62 bits per heavy atom. The summed E-state index contributed by atoms with van der Waals surface area (Å²) in [6.07, 6.45) is 2.15. The Morgan fingerprint density at radius 3 is 2.94 bits per heavy atom. The van der Waals surface area contributed by atoms with Gasteiger partial charge in [0, 0.05) is 18.7 Å². The zero-order valence-electron chi connectivity index (χ0n) is 9.02. The number of ether oxygens (including phenoxy) is 1. The van der Waals surface area contributed by atoms with Gasteiger partial charge < -0.3 is 9.64 Å². The Kier molecular flexibility index (Phi) is 3.29. The van der Waals surface area contributed by atoms with E-state index in [-0.39, 0.29) is 12.0 Å². The topological polar surface area (TPSA) is 42.4 Å². The van der Waals surface area contributed by atoms with E-state index in [1.54, 1.807) is 23.2 Å². The van der Waals surface area contributed by atoms with Gasteiger partial charge in [0.2, 0.25) is 11.8 Å². The second-order valence-corrected chi connectivity index (χ2v) is 4.14. The molecule has 1 amide bonds. The van der Waals surface area contributed by atoms with Crippen molar-refractivity contribution >= 4 is 17.5 Å². The van der Waals surface area contributed by atoms with Crippen molar-refractivity contribution in [2.24, 2.45) is 0 Å². The van der Waals surface area contributed by atoms with Crippen LogP contribution in [-0.4, -0.2) is 35.0 Å². The average Bonchev–Trinajstić information content (AvgIpc) is 2.24. The van der Waals surface area contributed by atoms with Crippen LogP contribution < -0.4 is 4.74 Å². The number of likely N-dealkylation sites (tertiary alicyclic amines) is 1. The Bertz CT molecular complexity index is 374. The number of carbonyl (C=O) groups excluding carboxylic acids is 1. The van der Waals surface area contributed by atoms with Crippen LogP contribution in [0, 0.1) is 0 Å². The SMILES string of the molecule is CCC(=O)N1CC(Oc2ccc(Cl)cn2)C1. The van der Waals surface area contributed by atoms with Gasteiger partial charge in [0.05, 0.1) is 18.1 Å². The van der Waals surface area contributed by atoms with E-state index in [0.29, 0.717) is 30.4 Å². The summed E-state index contributed by atoms with van der Waals surface area (Å²) in [5.74, 6) is 0.724. The largest absolute Gasteiger partial charge is 0.471 e. The molecule has 4 nitrogen and oxygen atoms in total. The lowest BCUT2D eigenvalue weighted by Gasteiger charge is -2.38. The molecular formula is C11H13ClN2O2. The van der Waals surface area contributed by atoms with E-state index in [2.05, 4.69) is 4.98 Å². The van der Waals surface area contributed by atoms with Gasteiger partial charge in [-0.3, -0.25) is 4.79 Å². The molecule has 1 saturated heterocycles. The van der Waals surface area contributed by atoms with E-state index < -0.39 is 0 Å². The lowest BCUT2D eigenvalue weighted by Crippen LogP contribution is -2.56. The van der Waals surface area contributed by atoms with E-state index in [1.165, 1.54) is 0 Å². The van der Waals surface area contributed by atoms with Crippen molar-refractivity contribution in [3.8, 4) is 5.88 Å². The molecule has 0 unspecified atom stereocenters. The van der Waals surface area contributed by atoms with Crippen LogP contribution in [0.3, 0.4) is 0 Å². The Balaban J connectivity index is 1.81. The number of amides is 1. The fraction of sp³-hybridized carbons (Fsp3) is 0.455. The number of halogens is 1. The maximum Gasteiger partial charge on any atom is 0.222 e. The number of pyridine rings is 1. The molecule has 1 fully saturated rings. The molecule has 2 heterocycles. The van der Waals surface area contributed by atoms with Gasteiger partial charge in [-0.1, -0.05) is 18.5 Å². The number of aromatic nitrogens is 1. The summed E-state index contributed by atoms with van der Waals surface area (Å²) in [4.78, 5) is 17.1. The third kappa shape index (κ3) is 2.44. The first-order chi connectivity index (χ1) is 7.69. The fourth-order valence-electron chi connectivity index (χ4n) is 1.54. The molecule has 0 bridgehead atoms. The van der Waals surface area contributed by atoms with E-state index in [0.717, 1.165) is 0 Å². The van der Waals surface area contributed by atoms with E-state index in [1.807, 2.05) is 6.92 Å². The maximum atomic E-state index is 11.3. The smallest absolute Gasteiger partial charge is 0.222 e. The minimum atomic E-state index is 0.0594. The second kappa shape index (κ2) is 4.70. The highest BCUT2D eigenvalue weighted by molar-refractivity contribution is 6.30. The van der Waals surface area contributed by atoms with Crippen LogP contribution in [0.5, 0.6) is 5.88 Å². The van der Waals surface area contributed by atoms with Gasteiger partial charge in [0.1, 0.15) is 6.10 Å². The quantitative estimate of drug-likeness (QED) is 0.808. The van der Waals surface area contributed by atoms with Crippen molar-refractivity contribution in [1.29, 1.82) is 0 Å². The number of hydrogen-bond acceptors (Lipinski definition) is 3. The first-order valence-corrected chi connectivity index (χ1v) is 5.63. The van der Waals surface area contributed by atoms with Crippen LogP contribution in [0.15, 0.2) is 18.3 Å². The standard InChI is InChI=1S/C11H13ClN2O2/c1-2-11(15)14-6-9(7-14)16-10-4-3-8(12)5-13-10/h3-5,9H,2,6-7H2,1H3. The average molecular weight is 241 g/mol. The highest BCUT2D eigenvalue weighted by atomic mass is 35.5. The summed E-state index contributed by atoms with van der Waals surface area (Å²) in [5, 5.41) is 0.587. The molecule has 0 saturated carbocycles. The number of hydrogen-bond donors (Lipinski definition) is 0. The Morgan fingerprint density at radius 2 is 2.38 bits per heavy atom. The third-order valence-corrected chi connectivity index (χ3v) is 2.71. The lowest BCUT2D eigenvalue weighted by molar-refractivity contribution is -0.139. The van der Waals surface area contributed by atoms with Crippen LogP contribution in [0.25, 0.3) is 0 Å². The molecule has 0 aromatic carbocycles. The Labute approximate surface area is 99.2 Å². The predicted octanol–water partition coefficient (Wildman–Crippen LogP) is 1.73. The van der Waals surface area contributed by atoms with Gasteiger partial charge in [0.15, 0.2) is 0 Å². The van der Waals surface area contributed by atoms with Crippen LogP contribution in [0.2, 0.25) is 5.02 Å². The van der Waals surface area contributed by atoms with Gasteiger partial charge in [-0.05, 0) is 6.07 Å². The molecule has 1 aliphatic heterocycles. The normalized spacial score (nSPS) is 15.8. The van der Waals surface area contributed by atoms with Gasteiger partial charge in [-0.2, -0.15) is 0 Å². The number of carbonyl (C=O) groups is 1. The zero-order valence-corrected chi connectivity index (χ0v) is 9.78. The van der Waals surface area contributed by atoms with Crippen LogP contribution >= 0.6 is 11.6 Å². The minimum Gasteiger partial charge on any atom is -0.471 e. The van der Waals surface area contributed by atoms with Crippen molar-refractivity contribution < 1.29 is 9.53 Å². The maximum absolute atomic E-state index is 11.3. The molecule has 2 rings (SSSR count). The molecular weight excluding hydrogens is 228 g/mol. The van der Waals surface area contributed by atoms with E-state index >= 15 is 0 Å². The number of rotatable bonds is 3. The third-order valence-electron chi connectivity index (χ3n) is 2.49. The van der Waals surface area contributed by atoms with E-state index in [4.69, 9.17) is 16.3 Å². The second-order valence-electron chi connectivity index (χ2n) is 3.71. The van der Waals surface area contributed by atoms with Crippen LogP contribution in [-0.2, 0) is 4.79 Å². The summed E-state index contributed by atoms with van der Waals surface area (Å²) in [7, 11) is 0. The molecule has 86 valence electrons. The molecule has 16 heavy (non-hydrogen) atoms. The monoisotopic (exact) mass is 240 g/mol. The lowest BCUT2D eigenvalue weighted by atomic mass is 10.1. The van der Waals surface area contributed by atoms with Gasteiger partial charge in [-0.25, -0.2) is 4.98 Å². The van der Waals surface area contributed by atoms with Crippen LogP contribution in [0.4, 0.5) is 0 Å². The summed E-state index contributed by atoms with van der Waals surface area (Å²) >= 11 is 5.71. The molecule has 0 atom stereocenters. The number of nitrogens with zero attached hydrogens (tertiary/aromatic N) is 2. The van der Waals surface area contributed by atoms with Crippen molar-refractivity contribution in [3.63, 3.8) is 0 Å². The summed E-state index contributed by atoms with van der Waals surface area (Å²) < 4.78 is 5.57. The van der Waals surface area contributed by atoms with E-state index in [9.17, 15) is 4.79 Å². The molecule has 1 aliphatic rings. The first kappa shape index (κ1) is 11.2. The van der Waals surface area contributed by atoms with Crippen molar-refractivity contribution in [2.75, 3.05) is 13.1 Å². The van der Waals surface area contributed by atoms with Crippen molar-refractivity contribution in [1.82, 2.24) is 9.88 Å². The van der Waals surface area contributed by atoms with Gasteiger partial charge in [-0.15, -0.1) is 0 Å². The summed E-state index contributed by atoms with van der Waals surface area (Å²) in [6.45, 7) is 3.16. The summed E-state index contributed by atoms with van der Waals surface area (Å²) in [5.41, 5.74) is 0. The minimum absolute atomic E-state index is 0.0594. The molecule has 0 spiro atoms. The molecule has 1 aromatic rings.